The van der Waals surface area contributed by atoms with Gasteiger partial charge in [-0.2, -0.15) is 0 Å². The highest BCUT2D eigenvalue weighted by Crippen LogP contribution is 2.22. The maximum Gasteiger partial charge on any atom is 0.168 e. The molecule has 0 aromatic rings. The first kappa shape index (κ1) is 52.0. The van der Waals surface area contributed by atoms with Crippen LogP contribution in [0.15, 0.2) is 0 Å². The van der Waals surface area contributed by atoms with Gasteiger partial charge in [0.25, 0.3) is 0 Å². The van der Waals surface area contributed by atoms with Crippen molar-refractivity contribution in [2.24, 2.45) is 10.8 Å². The van der Waals surface area contributed by atoms with E-state index in [0.29, 0.717) is 22.9 Å². The summed E-state index contributed by atoms with van der Waals surface area (Å²) in [6, 6.07) is 1.37. The number of hydrogen-bond donors (Lipinski definition) is 2. The van der Waals surface area contributed by atoms with Gasteiger partial charge in [0.05, 0.1) is 5.60 Å². The van der Waals surface area contributed by atoms with E-state index in [1.165, 1.54) is 38.5 Å². The minimum Gasteiger partial charge on any atom is -0.344 e. The van der Waals surface area contributed by atoms with Gasteiger partial charge in [-0.15, -0.1) is 0 Å². The molecular formula is C39H92N8O. The fourth-order valence-electron chi connectivity index (χ4n) is 4.73. The summed E-state index contributed by atoms with van der Waals surface area (Å²) < 4.78 is 5.81. The zero-order chi connectivity index (χ0) is 38.3. The molecule has 1 aliphatic carbocycles. The van der Waals surface area contributed by atoms with Crippen molar-refractivity contribution in [3.8, 4) is 0 Å². The molecule has 9 heteroatoms. The average Bonchev–Trinajstić information content (AvgIpc) is 2.88. The van der Waals surface area contributed by atoms with Gasteiger partial charge in [0.1, 0.15) is 0 Å². The van der Waals surface area contributed by atoms with Crippen LogP contribution in [0, 0.1) is 10.8 Å². The number of nitrogens with zero attached hydrogens (tertiary/aromatic N) is 6. The van der Waals surface area contributed by atoms with Crippen LogP contribution in [-0.4, -0.2) is 177 Å². The number of ether oxygens (including phenoxy) is 1. The molecule has 0 heterocycles. The second-order valence-electron chi connectivity index (χ2n) is 18.8. The van der Waals surface area contributed by atoms with E-state index in [1.54, 1.807) is 0 Å². The van der Waals surface area contributed by atoms with Crippen LogP contribution in [0.25, 0.3) is 0 Å². The Hall–Kier alpha value is -0.360. The van der Waals surface area contributed by atoms with Crippen molar-refractivity contribution in [1.29, 1.82) is 0 Å². The molecule has 0 amide bonds. The Morgan fingerprint density at radius 3 is 1.06 bits per heavy atom. The molecule has 0 aliphatic heterocycles. The topological polar surface area (TPSA) is 52.7 Å². The van der Waals surface area contributed by atoms with Gasteiger partial charge in [0, 0.05) is 38.3 Å². The number of nitrogens with one attached hydrogen (secondary N) is 2. The minimum absolute atomic E-state index is 0.0463. The van der Waals surface area contributed by atoms with Crippen molar-refractivity contribution < 1.29 is 4.74 Å². The molecule has 48 heavy (non-hydrogen) atoms. The molecular weight excluding hydrogens is 596 g/mol. The van der Waals surface area contributed by atoms with Crippen molar-refractivity contribution in [2.45, 2.75) is 125 Å². The molecule has 0 aromatic heterocycles. The van der Waals surface area contributed by atoms with E-state index >= 15 is 0 Å². The van der Waals surface area contributed by atoms with Gasteiger partial charge in [-0.25, -0.2) is 0 Å². The summed E-state index contributed by atoms with van der Waals surface area (Å²) in [7, 11) is 24.7. The zero-order valence-corrected chi connectivity index (χ0v) is 36.8. The van der Waals surface area contributed by atoms with Crippen LogP contribution in [0.5, 0.6) is 0 Å². The first-order chi connectivity index (χ1) is 21.7. The summed E-state index contributed by atoms with van der Waals surface area (Å²) >= 11 is 0. The van der Waals surface area contributed by atoms with Crippen molar-refractivity contribution in [3.63, 3.8) is 0 Å². The summed E-state index contributed by atoms with van der Waals surface area (Å²) in [5.74, 6) is 0. The monoisotopic (exact) mass is 689 g/mol. The molecule has 0 bridgehead atoms. The molecule has 0 radical (unpaired) electrons. The molecule has 0 saturated heterocycles. The Labute approximate surface area is 303 Å². The van der Waals surface area contributed by atoms with E-state index in [0.717, 1.165) is 39.3 Å². The summed E-state index contributed by atoms with van der Waals surface area (Å²) in [5, 5.41) is 7.63. The maximum absolute atomic E-state index is 5.81. The fraction of sp³-hybridized carbons (Fsp3) is 1.00. The molecule has 0 aromatic carbocycles. The number of likely N-dealkylation sites (N-methyl/N-ethyl adjacent to an activating group) is 3. The van der Waals surface area contributed by atoms with Gasteiger partial charge in [-0.1, -0.05) is 54.4 Å². The van der Waals surface area contributed by atoms with Crippen LogP contribution in [0.2, 0.25) is 0 Å². The Kier molecular flexibility index (Phi) is 29.6. The van der Waals surface area contributed by atoms with Crippen molar-refractivity contribution in [3.05, 3.63) is 0 Å². The lowest BCUT2D eigenvalue weighted by atomic mass is 9.88. The number of rotatable bonds is 15. The Bertz CT molecular complexity index is 657. The Balaban J connectivity index is -0.000000627. The van der Waals surface area contributed by atoms with E-state index in [-0.39, 0.29) is 12.0 Å². The molecule has 1 fully saturated rings. The van der Waals surface area contributed by atoms with Crippen molar-refractivity contribution in [1.82, 2.24) is 40.0 Å². The Morgan fingerprint density at radius 1 is 0.542 bits per heavy atom. The zero-order valence-electron chi connectivity index (χ0n) is 36.8. The second kappa shape index (κ2) is 27.3. The molecule has 1 saturated carbocycles. The van der Waals surface area contributed by atoms with Gasteiger partial charge in [-0.05, 0) is 155 Å². The van der Waals surface area contributed by atoms with E-state index in [2.05, 4.69) is 123 Å². The highest BCUT2D eigenvalue weighted by Gasteiger charge is 2.25. The van der Waals surface area contributed by atoms with Crippen LogP contribution in [-0.2, 0) is 4.74 Å². The maximum atomic E-state index is 5.81. The molecule has 2 unspecified atom stereocenters. The molecule has 0 spiro atoms. The largest absolute Gasteiger partial charge is 0.344 e. The van der Waals surface area contributed by atoms with Crippen LogP contribution in [0.3, 0.4) is 0 Å². The molecule has 1 rings (SSSR count). The molecule has 9 nitrogen and oxygen atoms in total. The van der Waals surface area contributed by atoms with E-state index in [9.17, 15) is 0 Å². The molecule has 2 N–H and O–H groups in total. The molecule has 294 valence electrons. The normalized spacial score (nSPS) is 17.5. The lowest BCUT2D eigenvalue weighted by Gasteiger charge is -2.35. The molecule has 2 atom stereocenters. The average molecular weight is 689 g/mol. The lowest BCUT2D eigenvalue weighted by molar-refractivity contribution is -0.178. The quantitative estimate of drug-likeness (QED) is 0.209. The van der Waals surface area contributed by atoms with Crippen LogP contribution in [0.1, 0.15) is 101 Å². The van der Waals surface area contributed by atoms with E-state index in [1.807, 2.05) is 64.0 Å². The predicted molar refractivity (Wildman–Crippen MR) is 216 cm³/mol. The van der Waals surface area contributed by atoms with Gasteiger partial charge < -0.3 is 35.0 Å². The minimum atomic E-state index is -0.0980. The van der Waals surface area contributed by atoms with Crippen LogP contribution in [0.4, 0.5) is 0 Å². The predicted octanol–water partition coefficient (Wildman–Crippen LogP) is 5.78. The van der Waals surface area contributed by atoms with Gasteiger partial charge in [-0.3, -0.25) is 9.80 Å². The summed E-state index contributed by atoms with van der Waals surface area (Å²) in [5.41, 5.74) is 0.785. The van der Waals surface area contributed by atoms with Crippen LogP contribution < -0.4 is 10.6 Å². The molecule has 1 aliphatic rings. The third-order valence-electron chi connectivity index (χ3n) is 7.53. The van der Waals surface area contributed by atoms with Gasteiger partial charge in [0.2, 0.25) is 0 Å². The Morgan fingerprint density at radius 2 is 0.854 bits per heavy atom. The highest BCUT2D eigenvalue weighted by molar-refractivity contribution is 4.87. The highest BCUT2D eigenvalue weighted by atomic mass is 16.5. The second-order valence-corrected chi connectivity index (χ2v) is 18.8. The van der Waals surface area contributed by atoms with E-state index in [4.69, 9.17) is 4.74 Å². The van der Waals surface area contributed by atoms with Gasteiger partial charge >= 0.3 is 0 Å². The smallest absolute Gasteiger partial charge is 0.168 e. The SMILES string of the molecule is CC(C)(C)CCNC1CCCCC1NCCC(C)(C)C.CN(C)C.CN(C)C(OC(C)(C)C)N(C)C.CN(C)CCN(C)CCN(C)C. The first-order valence-corrected chi connectivity index (χ1v) is 18.7. The van der Waals surface area contributed by atoms with E-state index < -0.39 is 0 Å². The van der Waals surface area contributed by atoms with Gasteiger partial charge in [0.15, 0.2) is 6.35 Å². The lowest BCUT2D eigenvalue weighted by Crippen LogP contribution is -2.50. The fourth-order valence-corrected chi connectivity index (χ4v) is 4.73. The summed E-state index contributed by atoms with van der Waals surface area (Å²) in [6.45, 7) is 27.1. The summed E-state index contributed by atoms with van der Waals surface area (Å²) in [6.07, 6.45) is 8.05. The van der Waals surface area contributed by atoms with Crippen molar-refractivity contribution in [2.75, 3.05) is 124 Å². The third-order valence-corrected chi connectivity index (χ3v) is 7.53. The van der Waals surface area contributed by atoms with Crippen molar-refractivity contribution >= 4 is 0 Å². The first-order valence-electron chi connectivity index (χ1n) is 18.7. The standard InChI is InChI=1S/C18H38N2.C9H23N3.C9H22N2O.C3H9N/c1-17(2,3)11-13-19-15-9-7-8-10-16(15)20-14-12-18(4,5)6;1-10(2)6-8-12(5)9-7-11(3)4;1-9(2,3)12-8(10(4)5)11(6)7;1-4(2)3/h15-16,19-20H,7-14H2,1-6H3;6-9H2,1-5H3;8H,1-7H3;1-3H3. The van der Waals surface area contributed by atoms with Crippen LogP contribution >= 0.6 is 0 Å². The summed E-state index contributed by atoms with van der Waals surface area (Å²) in [4.78, 5) is 12.9. The number of hydrogen-bond acceptors (Lipinski definition) is 9. The third kappa shape index (κ3) is 40.1.